The highest BCUT2D eigenvalue weighted by atomic mass is 35.5. The summed E-state index contributed by atoms with van der Waals surface area (Å²) >= 11 is 0. The summed E-state index contributed by atoms with van der Waals surface area (Å²) in [5.74, 6) is -0.0187. The molecule has 1 amide bonds. The molecule has 6 nitrogen and oxygen atoms in total. The van der Waals surface area contributed by atoms with Crippen LogP contribution in [0, 0.1) is 5.41 Å². The summed E-state index contributed by atoms with van der Waals surface area (Å²) in [6, 6.07) is 7.25. The molecule has 2 heterocycles. The lowest BCUT2D eigenvalue weighted by atomic mass is 9.81. The first-order valence-corrected chi connectivity index (χ1v) is 8.49. The normalized spacial score (nSPS) is 16.2. The maximum absolute atomic E-state index is 12.4. The quantitative estimate of drug-likeness (QED) is 0.847. The molecule has 1 aromatic heterocycles. The molecule has 25 heavy (non-hydrogen) atoms. The monoisotopic (exact) mass is 364 g/mol. The predicted octanol–water partition coefficient (Wildman–Crippen LogP) is 1.71. The Morgan fingerprint density at radius 3 is 2.80 bits per heavy atom. The molecule has 136 valence electrons. The summed E-state index contributed by atoms with van der Waals surface area (Å²) in [7, 11) is 0. The van der Waals surface area contributed by atoms with Crippen LogP contribution in [-0.2, 0) is 11.3 Å². The third kappa shape index (κ3) is 4.80. The molecule has 0 radical (unpaired) electrons. The predicted molar refractivity (Wildman–Crippen MR) is 101 cm³/mol. The van der Waals surface area contributed by atoms with E-state index in [2.05, 4.69) is 22.5 Å². The van der Waals surface area contributed by atoms with E-state index in [9.17, 15) is 9.59 Å². The fourth-order valence-electron chi connectivity index (χ4n) is 3.09. The third-order valence-electron chi connectivity index (χ3n) is 4.83. The third-order valence-corrected chi connectivity index (χ3v) is 4.83. The van der Waals surface area contributed by atoms with Crippen molar-refractivity contribution in [2.75, 3.05) is 19.6 Å². The highest BCUT2D eigenvalue weighted by molar-refractivity contribution is 5.85. The van der Waals surface area contributed by atoms with Crippen molar-refractivity contribution in [2.24, 2.45) is 5.41 Å². The van der Waals surface area contributed by atoms with Crippen LogP contribution in [0.15, 0.2) is 35.4 Å². The second kappa shape index (κ2) is 8.45. The summed E-state index contributed by atoms with van der Waals surface area (Å²) in [5, 5.41) is 6.94. The van der Waals surface area contributed by atoms with E-state index in [-0.39, 0.29) is 35.7 Å². The number of aromatic nitrogens is 2. The molecule has 2 aromatic rings. The van der Waals surface area contributed by atoms with Gasteiger partial charge in [-0.15, -0.1) is 12.4 Å². The lowest BCUT2D eigenvalue weighted by molar-refractivity contribution is -0.121. The van der Waals surface area contributed by atoms with Crippen LogP contribution < -0.4 is 16.2 Å². The molecule has 0 saturated carbocycles. The minimum absolute atomic E-state index is 0. The van der Waals surface area contributed by atoms with Gasteiger partial charge in [0.15, 0.2) is 0 Å². The number of hydrogen-bond donors (Lipinski definition) is 2. The van der Waals surface area contributed by atoms with Crippen molar-refractivity contribution in [3.05, 3.63) is 40.9 Å². The molecule has 7 heteroatoms. The van der Waals surface area contributed by atoms with E-state index in [1.54, 1.807) is 6.07 Å². The molecule has 3 rings (SSSR count). The summed E-state index contributed by atoms with van der Waals surface area (Å²) in [6.07, 6.45) is 3.95. The van der Waals surface area contributed by atoms with Gasteiger partial charge in [-0.3, -0.25) is 14.2 Å². The molecular weight excluding hydrogens is 340 g/mol. The number of amides is 1. The summed E-state index contributed by atoms with van der Waals surface area (Å²) in [5.41, 5.74) is 0.753. The van der Waals surface area contributed by atoms with Crippen LogP contribution in [0.3, 0.4) is 0 Å². The summed E-state index contributed by atoms with van der Waals surface area (Å²) in [4.78, 5) is 28.8. The number of piperidine rings is 1. The minimum atomic E-state index is -0.0984. The second-order valence-corrected chi connectivity index (χ2v) is 6.85. The van der Waals surface area contributed by atoms with Gasteiger partial charge in [0.05, 0.1) is 17.2 Å². The van der Waals surface area contributed by atoms with Crippen LogP contribution in [0.25, 0.3) is 10.9 Å². The van der Waals surface area contributed by atoms with Gasteiger partial charge in [0, 0.05) is 19.5 Å². The van der Waals surface area contributed by atoms with Crippen molar-refractivity contribution >= 4 is 29.2 Å². The number of nitrogens with one attached hydrogen (secondary N) is 2. The van der Waals surface area contributed by atoms with Gasteiger partial charge in [-0.25, -0.2) is 4.98 Å². The lowest BCUT2D eigenvalue weighted by Crippen LogP contribution is -2.43. The Labute approximate surface area is 153 Å². The fourth-order valence-corrected chi connectivity index (χ4v) is 3.09. The van der Waals surface area contributed by atoms with Crippen LogP contribution in [-0.4, -0.2) is 35.1 Å². The van der Waals surface area contributed by atoms with Gasteiger partial charge < -0.3 is 10.6 Å². The van der Waals surface area contributed by atoms with E-state index in [1.165, 1.54) is 10.9 Å². The molecule has 0 atom stereocenters. The standard InChI is InChI=1S/C18H24N4O2.ClH/c1-18(7-9-19-10-8-18)12-20-16(23)6-11-22-13-21-15-5-3-2-4-14(15)17(22)24;/h2-5,13,19H,6-12H2,1H3,(H,20,23);1H. The number of para-hydroxylation sites is 1. The Balaban J connectivity index is 0.00000225. The van der Waals surface area contributed by atoms with Gasteiger partial charge >= 0.3 is 0 Å². The Bertz CT molecular complexity index is 784. The van der Waals surface area contributed by atoms with E-state index in [0.717, 1.165) is 25.9 Å². The Hall–Kier alpha value is -1.92. The Kier molecular flexibility index (Phi) is 6.56. The highest BCUT2D eigenvalue weighted by Crippen LogP contribution is 2.26. The molecule has 1 saturated heterocycles. The number of fused-ring (bicyclic) bond motifs is 1. The van der Waals surface area contributed by atoms with Crippen LogP contribution in [0.5, 0.6) is 0 Å². The van der Waals surface area contributed by atoms with Gasteiger partial charge in [0.1, 0.15) is 0 Å². The zero-order valence-corrected chi connectivity index (χ0v) is 15.3. The molecular formula is C18H25ClN4O2. The van der Waals surface area contributed by atoms with Crippen molar-refractivity contribution in [3.8, 4) is 0 Å². The van der Waals surface area contributed by atoms with Crippen molar-refractivity contribution < 1.29 is 4.79 Å². The summed E-state index contributed by atoms with van der Waals surface area (Å²) < 4.78 is 1.51. The first kappa shape index (κ1) is 19.4. The molecule has 0 bridgehead atoms. The topological polar surface area (TPSA) is 76.0 Å². The van der Waals surface area contributed by atoms with Crippen LogP contribution in [0.4, 0.5) is 0 Å². The molecule has 0 aliphatic carbocycles. The zero-order valence-electron chi connectivity index (χ0n) is 14.5. The number of nitrogens with zero attached hydrogens (tertiary/aromatic N) is 2. The number of carbonyl (C=O) groups is 1. The number of halogens is 1. The van der Waals surface area contributed by atoms with E-state index in [0.29, 0.717) is 24.0 Å². The molecule has 2 N–H and O–H groups in total. The molecule has 0 spiro atoms. The van der Waals surface area contributed by atoms with E-state index in [4.69, 9.17) is 0 Å². The van der Waals surface area contributed by atoms with E-state index in [1.807, 2.05) is 18.2 Å². The SMILES string of the molecule is CC1(CNC(=O)CCn2cnc3ccccc3c2=O)CCNCC1.Cl. The van der Waals surface area contributed by atoms with E-state index >= 15 is 0 Å². The highest BCUT2D eigenvalue weighted by Gasteiger charge is 2.26. The van der Waals surface area contributed by atoms with Crippen molar-refractivity contribution in [2.45, 2.75) is 32.7 Å². The van der Waals surface area contributed by atoms with Crippen molar-refractivity contribution in [1.82, 2.24) is 20.2 Å². The second-order valence-electron chi connectivity index (χ2n) is 6.85. The average molecular weight is 365 g/mol. The molecule has 0 unspecified atom stereocenters. The first-order chi connectivity index (χ1) is 11.6. The van der Waals surface area contributed by atoms with Gasteiger partial charge in [0.2, 0.25) is 5.91 Å². The van der Waals surface area contributed by atoms with Crippen LogP contribution >= 0.6 is 12.4 Å². The summed E-state index contributed by atoms with van der Waals surface area (Å²) in [6.45, 7) is 5.26. The van der Waals surface area contributed by atoms with Crippen molar-refractivity contribution in [3.63, 3.8) is 0 Å². The minimum Gasteiger partial charge on any atom is -0.355 e. The molecule has 1 aliphatic rings. The van der Waals surface area contributed by atoms with Gasteiger partial charge in [0.25, 0.3) is 5.56 Å². The fraction of sp³-hybridized carbons (Fsp3) is 0.500. The largest absolute Gasteiger partial charge is 0.355 e. The van der Waals surface area contributed by atoms with Gasteiger partial charge in [-0.2, -0.15) is 0 Å². The number of benzene rings is 1. The smallest absolute Gasteiger partial charge is 0.261 e. The number of aryl methyl sites for hydroxylation is 1. The Morgan fingerprint density at radius 1 is 1.32 bits per heavy atom. The Morgan fingerprint density at radius 2 is 2.04 bits per heavy atom. The maximum atomic E-state index is 12.4. The lowest BCUT2D eigenvalue weighted by Gasteiger charge is -2.34. The number of rotatable bonds is 5. The van der Waals surface area contributed by atoms with Gasteiger partial charge in [-0.05, 0) is 43.5 Å². The van der Waals surface area contributed by atoms with E-state index < -0.39 is 0 Å². The van der Waals surface area contributed by atoms with Crippen LogP contribution in [0.1, 0.15) is 26.2 Å². The number of carbonyl (C=O) groups excluding carboxylic acids is 1. The maximum Gasteiger partial charge on any atom is 0.261 e. The van der Waals surface area contributed by atoms with Gasteiger partial charge in [-0.1, -0.05) is 19.1 Å². The zero-order chi connectivity index (χ0) is 17.0. The first-order valence-electron chi connectivity index (χ1n) is 8.49. The van der Waals surface area contributed by atoms with Crippen molar-refractivity contribution in [1.29, 1.82) is 0 Å². The number of hydrogen-bond acceptors (Lipinski definition) is 4. The average Bonchev–Trinajstić information content (AvgIpc) is 2.60. The van der Waals surface area contributed by atoms with Crippen LogP contribution in [0.2, 0.25) is 0 Å². The molecule has 1 aliphatic heterocycles. The molecule has 1 fully saturated rings. The molecule has 1 aromatic carbocycles.